The van der Waals surface area contributed by atoms with Crippen molar-refractivity contribution in [2.24, 2.45) is 11.8 Å². The number of aromatic nitrogens is 8. The van der Waals surface area contributed by atoms with Gasteiger partial charge in [0.05, 0.1) is 5.39 Å². The molecule has 0 saturated carbocycles. The molecule has 0 aliphatic carbocycles. The van der Waals surface area contributed by atoms with Gasteiger partial charge >= 0.3 is 0 Å². The van der Waals surface area contributed by atoms with E-state index in [1.165, 1.54) is 0 Å². The van der Waals surface area contributed by atoms with Crippen molar-refractivity contribution in [2.75, 3.05) is 0 Å². The summed E-state index contributed by atoms with van der Waals surface area (Å²) in [5.41, 5.74) is 6.21. The van der Waals surface area contributed by atoms with E-state index in [4.69, 9.17) is 34.6 Å². The van der Waals surface area contributed by atoms with Crippen molar-refractivity contribution in [3.8, 4) is 51.3 Å². The SMILES string of the molecule is CC(C)C(Oc1cccc2c3nc4nc(nc5[nH]c(nc6nc(nc([nH]3)c12)-c1ccccc1-6)c1ccccc51)-c1ccccc1-4)C(C)C. The lowest BCUT2D eigenvalue weighted by Crippen LogP contribution is -2.28. The van der Waals surface area contributed by atoms with E-state index in [9.17, 15) is 0 Å². The van der Waals surface area contributed by atoms with E-state index in [2.05, 4.69) is 37.7 Å². The van der Waals surface area contributed by atoms with Crippen molar-refractivity contribution < 1.29 is 4.74 Å². The van der Waals surface area contributed by atoms with Gasteiger partial charge in [0, 0.05) is 38.4 Å². The molecule has 3 aromatic heterocycles. The Morgan fingerprint density at radius 2 is 0.833 bits per heavy atom. The highest BCUT2D eigenvalue weighted by atomic mass is 16.5. The van der Waals surface area contributed by atoms with E-state index in [1.807, 2.05) is 91.0 Å². The Kier molecular flexibility index (Phi) is 6.36. The molecule has 0 amide bonds. The molecule has 4 aromatic carbocycles. The maximum Gasteiger partial charge on any atom is 0.164 e. The summed E-state index contributed by atoms with van der Waals surface area (Å²) in [6, 6.07) is 30.3. The highest BCUT2D eigenvalue weighted by Gasteiger charge is 2.24. The van der Waals surface area contributed by atoms with Crippen molar-refractivity contribution in [1.82, 2.24) is 39.9 Å². The van der Waals surface area contributed by atoms with E-state index in [0.29, 0.717) is 57.7 Å². The van der Waals surface area contributed by atoms with Crippen molar-refractivity contribution in [3.63, 3.8) is 0 Å². The molecular formula is C39H32N8O. The van der Waals surface area contributed by atoms with E-state index >= 15 is 0 Å². The lowest BCUT2D eigenvalue weighted by molar-refractivity contribution is 0.107. The van der Waals surface area contributed by atoms with E-state index in [1.54, 1.807) is 0 Å². The number of hydrogen-bond donors (Lipinski definition) is 2. The minimum Gasteiger partial charge on any atom is -0.489 e. The van der Waals surface area contributed by atoms with Crippen LogP contribution in [0.3, 0.4) is 0 Å². The molecule has 8 bridgehead atoms. The molecule has 0 saturated heterocycles. The standard InChI is InChI=1S/C39H32N8O/c1-20(2)31(21(3)4)48-29-19-11-18-28-30(29)39-46-37-27-17-10-9-16-26(27)35(44-37)42-33-23-13-6-5-12-22(23)32(40-33)41-34-24-14-7-8-15-25(24)36(43-34)45-38(28)47-39/h5-21,31H,1-4H3,(H2,40,41,42,43,44,45,46,47). The van der Waals surface area contributed by atoms with Gasteiger partial charge in [-0.15, -0.1) is 0 Å². The quantitative estimate of drug-likeness (QED) is 0.200. The Labute approximate surface area is 276 Å². The van der Waals surface area contributed by atoms with Crippen molar-refractivity contribution in [2.45, 2.75) is 33.8 Å². The van der Waals surface area contributed by atoms with Crippen LogP contribution in [0.1, 0.15) is 27.7 Å². The minimum absolute atomic E-state index is 0.00816. The number of nitrogens with zero attached hydrogens (tertiary/aromatic N) is 6. The Hall–Kier alpha value is -5.96. The summed E-state index contributed by atoms with van der Waals surface area (Å²) in [4.78, 5) is 37.5. The molecule has 0 spiro atoms. The van der Waals surface area contributed by atoms with Gasteiger partial charge in [-0.1, -0.05) is 113 Å². The fourth-order valence-electron chi connectivity index (χ4n) is 6.95. The van der Waals surface area contributed by atoms with Crippen LogP contribution >= 0.6 is 0 Å². The Balaban J connectivity index is 1.45. The van der Waals surface area contributed by atoms with Crippen molar-refractivity contribution in [3.05, 3.63) is 91.0 Å². The molecule has 0 unspecified atom stereocenters. The molecule has 7 aromatic rings. The van der Waals surface area contributed by atoms with Crippen LogP contribution in [-0.4, -0.2) is 46.0 Å². The number of rotatable bonds is 4. The van der Waals surface area contributed by atoms with E-state index in [0.717, 1.165) is 49.5 Å². The second-order valence-corrected chi connectivity index (χ2v) is 13.0. The molecule has 2 N–H and O–H groups in total. The third kappa shape index (κ3) is 4.45. The second-order valence-electron chi connectivity index (χ2n) is 13.0. The third-order valence-electron chi connectivity index (χ3n) is 9.12. The van der Waals surface area contributed by atoms with Crippen LogP contribution in [0.5, 0.6) is 5.75 Å². The zero-order valence-corrected chi connectivity index (χ0v) is 27.0. The minimum atomic E-state index is 0.00816. The number of fused-ring (bicyclic) bond motifs is 20. The molecule has 0 fully saturated rings. The fourth-order valence-corrected chi connectivity index (χ4v) is 6.95. The topological polar surface area (TPSA) is 118 Å². The molecular weight excluding hydrogens is 596 g/mol. The Morgan fingerprint density at radius 3 is 1.31 bits per heavy atom. The molecule has 9 nitrogen and oxygen atoms in total. The molecule has 9 heteroatoms. The monoisotopic (exact) mass is 628 g/mol. The number of H-pyrrole nitrogens is 2. The van der Waals surface area contributed by atoms with Gasteiger partial charge in [-0.05, 0) is 17.9 Å². The van der Waals surface area contributed by atoms with Crippen LogP contribution in [0, 0.1) is 11.8 Å². The summed E-state index contributed by atoms with van der Waals surface area (Å²) in [5.74, 6) is 3.66. The number of aromatic amines is 2. The Bertz CT molecular complexity index is 2570. The van der Waals surface area contributed by atoms with Gasteiger partial charge in [0.1, 0.15) is 34.4 Å². The fraction of sp³-hybridized carbons (Fsp3) is 0.179. The van der Waals surface area contributed by atoms with Crippen LogP contribution in [-0.2, 0) is 0 Å². The van der Waals surface area contributed by atoms with Crippen LogP contribution in [0.15, 0.2) is 91.0 Å². The van der Waals surface area contributed by atoms with Crippen LogP contribution in [0.2, 0.25) is 0 Å². The first-order chi connectivity index (χ1) is 23.4. The van der Waals surface area contributed by atoms with Gasteiger partial charge in [-0.25, -0.2) is 29.9 Å². The first-order valence-electron chi connectivity index (χ1n) is 16.3. The predicted octanol–water partition coefficient (Wildman–Crippen LogP) is 8.93. The first-order valence-corrected chi connectivity index (χ1v) is 16.3. The lowest BCUT2D eigenvalue weighted by atomic mass is 9.96. The molecule has 9 rings (SSSR count). The zero-order chi connectivity index (χ0) is 32.5. The summed E-state index contributed by atoms with van der Waals surface area (Å²) in [6.07, 6.45) is 0.00816. The number of benzene rings is 4. The molecule has 2 aliphatic heterocycles. The first kappa shape index (κ1) is 28.3. The maximum absolute atomic E-state index is 6.78. The molecule has 2 aliphatic rings. The highest BCUT2D eigenvalue weighted by molar-refractivity contribution is 6.08. The van der Waals surface area contributed by atoms with Crippen LogP contribution in [0.25, 0.3) is 89.7 Å². The molecule has 48 heavy (non-hydrogen) atoms. The van der Waals surface area contributed by atoms with Gasteiger partial charge < -0.3 is 14.7 Å². The number of hydrogen-bond acceptors (Lipinski definition) is 7. The highest BCUT2D eigenvalue weighted by Crippen LogP contribution is 2.39. The molecule has 5 heterocycles. The number of ether oxygens (including phenoxy) is 1. The van der Waals surface area contributed by atoms with Crippen LogP contribution in [0.4, 0.5) is 0 Å². The summed E-state index contributed by atoms with van der Waals surface area (Å²) in [7, 11) is 0. The predicted molar refractivity (Wildman–Crippen MR) is 190 cm³/mol. The zero-order valence-electron chi connectivity index (χ0n) is 27.0. The Morgan fingerprint density at radius 1 is 0.438 bits per heavy atom. The smallest absolute Gasteiger partial charge is 0.164 e. The molecule has 0 atom stereocenters. The van der Waals surface area contributed by atoms with E-state index in [-0.39, 0.29) is 6.10 Å². The van der Waals surface area contributed by atoms with E-state index < -0.39 is 0 Å². The van der Waals surface area contributed by atoms with Gasteiger partial charge in [-0.3, -0.25) is 0 Å². The van der Waals surface area contributed by atoms with Crippen molar-refractivity contribution in [1.29, 1.82) is 0 Å². The van der Waals surface area contributed by atoms with Gasteiger partial charge in [0.25, 0.3) is 0 Å². The van der Waals surface area contributed by atoms with Crippen LogP contribution < -0.4 is 4.74 Å². The van der Waals surface area contributed by atoms with Crippen molar-refractivity contribution >= 4 is 44.1 Å². The average Bonchev–Trinajstić information content (AvgIpc) is 3.83. The van der Waals surface area contributed by atoms with Gasteiger partial charge in [0.2, 0.25) is 0 Å². The molecule has 0 radical (unpaired) electrons. The summed E-state index contributed by atoms with van der Waals surface area (Å²) in [6.45, 7) is 8.76. The largest absolute Gasteiger partial charge is 0.489 e. The molecule has 234 valence electrons. The third-order valence-corrected chi connectivity index (χ3v) is 9.12. The lowest BCUT2D eigenvalue weighted by Gasteiger charge is -2.26. The summed E-state index contributed by atoms with van der Waals surface area (Å²) < 4.78 is 6.78. The second kappa shape index (κ2) is 10.8. The number of nitrogens with one attached hydrogen (secondary N) is 2. The van der Waals surface area contributed by atoms with Gasteiger partial charge in [-0.2, -0.15) is 0 Å². The summed E-state index contributed by atoms with van der Waals surface area (Å²) >= 11 is 0. The van der Waals surface area contributed by atoms with Gasteiger partial charge in [0.15, 0.2) is 23.3 Å². The normalized spacial score (nSPS) is 12.3. The summed E-state index contributed by atoms with van der Waals surface area (Å²) in [5, 5.41) is 3.61. The average molecular weight is 629 g/mol. The maximum atomic E-state index is 6.78.